The number of thioether (sulfide) groups is 1. The molecule has 0 aromatic carbocycles. The van der Waals surface area contributed by atoms with Crippen molar-refractivity contribution in [1.82, 2.24) is 25.1 Å². The van der Waals surface area contributed by atoms with Crippen LogP contribution >= 0.6 is 11.8 Å². The Morgan fingerprint density at radius 1 is 1.35 bits per heavy atom. The molecule has 0 spiro atoms. The van der Waals surface area contributed by atoms with E-state index in [1.54, 1.807) is 6.20 Å². The number of hydrogen-bond donors (Lipinski definition) is 1. The van der Waals surface area contributed by atoms with E-state index < -0.39 is 0 Å². The Balaban J connectivity index is 1.60. The van der Waals surface area contributed by atoms with Gasteiger partial charge < -0.3 is 4.90 Å². The number of hydrogen-bond acceptors (Lipinski definition) is 5. The van der Waals surface area contributed by atoms with Crippen molar-refractivity contribution in [1.29, 1.82) is 0 Å². The predicted octanol–water partition coefficient (Wildman–Crippen LogP) is 2.75. The van der Waals surface area contributed by atoms with Crippen LogP contribution in [0.25, 0.3) is 11.5 Å². The fraction of sp³-hybridized carbons (Fsp3) is 0.500. The van der Waals surface area contributed by atoms with Crippen molar-refractivity contribution < 1.29 is 4.79 Å². The number of carbonyl (C=O) groups is 1. The highest BCUT2D eigenvalue weighted by Gasteiger charge is 2.28. The van der Waals surface area contributed by atoms with Crippen molar-refractivity contribution in [2.24, 2.45) is 0 Å². The van der Waals surface area contributed by atoms with Crippen LogP contribution in [0.2, 0.25) is 0 Å². The van der Waals surface area contributed by atoms with Crippen LogP contribution in [0, 0.1) is 0 Å². The van der Waals surface area contributed by atoms with Gasteiger partial charge in [0.2, 0.25) is 11.1 Å². The molecule has 2 aromatic rings. The van der Waals surface area contributed by atoms with Gasteiger partial charge in [-0.05, 0) is 45.2 Å². The Kier molecular flexibility index (Phi) is 4.95. The monoisotopic (exact) mass is 331 g/mol. The Morgan fingerprint density at radius 2 is 2.13 bits per heavy atom. The summed E-state index contributed by atoms with van der Waals surface area (Å²) in [6.07, 6.45) is 5.09. The van der Waals surface area contributed by atoms with E-state index in [-0.39, 0.29) is 5.91 Å². The molecule has 7 heteroatoms. The van der Waals surface area contributed by atoms with E-state index in [0.29, 0.717) is 28.8 Å². The molecular weight excluding hydrogens is 310 g/mol. The van der Waals surface area contributed by atoms with Gasteiger partial charge in [-0.15, -0.1) is 5.10 Å². The fourth-order valence-electron chi connectivity index (χ4n) is 3.04. The van der Waals surface area contributed by atoms with Crippen molar-refractivity contribution in [3.63, 3.8) is 0 Å². The molecule has 2 atom stereocenters. The van der Waals surface area contributed by atoms with Gasteiger partial charge in [-0.25, -0.2) is 0 Å². The third-order valence-corrected chi connectivity index (χ3v) is 5.01. The Morgan fingerprint density at radius 3 is 2.83 bits per heavy atom. The maximum absolute atomic E-state index is 12.5. The molecule has 3 heterocycles. The molecule has 0 bridgehead atoms. The topological polar surface area (TPSA) is 74.8 Å². The van der Waals surface area contributed by atoms with Crippen LogP contribution in [0.1, 0.15) is 33.1 Å². The number of piperidine rings is 1. The van der Waals surface area contributed by atoms with Gasteiger partial charge in [0.1, 0.15) is 5.69 Å². The van der Waals surface area contributed by atoms with Crippen LogP contribution in [-0.2, 0) is 4.79 Å². The summed E-state index contributed by atoms with van der Waals surface area (Å²) in [5.41, 5.74) is 0.747. The number of pyridine rings is 1. The van der Waals surface area contributed by atoms with E-state index in [2.05, 4.69) is 34.0 Å². The van der Waals surface area contributed by atoms with E-state index in [0.717, 1.165) is 18.5 Å². The molecule has 0 saturated carbocycles. The Bertz CT molecular complexity index is 650. The zero-order valence-corrected chi connectivity index (χ0v) is 14.2. The first kappa shape index (κ1) is 16.0. The summed E-state index contributed by atoms with van der Waals surface area (Å²) in [7, 11) is 0. The summed E-state index contributed by atoms with van der Waals surface area (Å²) < 4.78 is 0. The standard InChI is InChI=1S/C16H21N5OS/c1-11-6-5-7-12(2)21(11)14(22)10-23-16-18-15(19-20-16)13-8-3-4-9-17-13/h3-4,8-9,11-12H,5-7,10H2,1-2H3,(H,18,19,20)/t11-,12+. The minimum Gasteiger partial charge on any atom is -0.337 e. The highest BCUT2D eigenvalue weighted by Crippen LogP contribution is 2.24. The minimum absolute atomic E-state index is 0.166. The van der Waals surface area contributed by atoms with E-state index >= 15 is 0 Å². The van der Waals surface area contributed by atoms with Gasteiger partial charge in [0.15, 0.2) is 5.82 Å². The fourth-order valence-corrected chi connectivity index (χ4v) is 3.71. The normalized spacial score (nSPS) is 21.4. The molecule has 6 nitrogen and oxygen atoms in total. The molecule has 1 amide bonds. The summed E-state index contributed by atoms with van der Waals surface area (Å²) in [4.78, 5) is 23.1. The second kappa shape index (κ2) is 7.12. The van der Waals surface area contributed by atoms with Crippen LogP contribution in [0.15, 0.2) is 29.6 Å². The zero-order chi connectivity index (χ0) is 16.2. The third kappa shape index (κ3) is 3.72. The van der Waals surface area contributed by atoms with Gasteiger partial charge in [0.25, 0.3) is 0 Å². The van der Waals surface area contributed by atoms with Crippen LogP contribution in [0.3, 0.4) is 0 Å². The quantitative estimate of drug-likeness (QED) is 0.872. The van der Waals surface area contributed by atoms with Crippen molar-refractivity contribution >= 4 is 17.7 Å². The van der Waals surface area contributed by atoms with E-state index in [9.17, 15) is 4.79 Å². The van der Waals surface area contributed by atoms with Crippen LogP contribution < -0.4 is 0 Å². The van der Waals surface area contributed by atoms with E-state index in [1.165, 1.54) is 18.2 Å². The Hall–Kier alpha value is -1.89. The van der Waals surface area contributed by atoms with Gasteiger partial charge in [-0.3, -0.25) is 14.9 Å². The second-order valence-corrected chi connectivity index (χ2v) is 6.84. The summed E-state index contributed by atoms with van der Waals surface area (Å²) in [5.74, 6) is 1.16. The lowest BCUT2D eigenvalue weighted by molar-refractivity contribution is -0.134. The first-order chi connectivity index (χ1) is 11.1. The average molecular weight is 331 g/mol. The molecule has 1 N–H and O–H groups in total. The molecule has 0 aliphatic carbocycles. The predicted molar refractivity (Wildman–Crippen MR) is 90.0 cm³/mol. The SMILES string of the molecule is C[C@@H]1CCC[C@H](C)N1C(=O)CSc1n[nH]c(-c2ccccn2)n1. The smallest absolute Gasteiger partial charge is 0.233 e. The van der Waals surface area contributed by atoms with E-state index in [1.807, 2.05) is 23.1 Å². The van der Waals surface area contributed by atoms with Gasteiger partial charge in [-0.1, -0.05) is 17.8 Å². The van der Waals surface area contributed by atoms with Crippen molar-refractivity contribution in [3.8, 4) is 11.5 Å². The molecule has 122 valence electrons. The maximum atomic E-state index is 12.5. The molecule has 23 heavy (non-hydrogen) atoms. The maximum Gasteiger partial charge on any atom is 0.233 e. The molecule has 2 aromatic heterocycles. The molecule has 1 fully saturated rings. The summed E-state index contributed by atoms with van der Waals surface area (Å²) in [6.45, 7) is 4.26. The number of aromatic amines is 1. The van der Waals surface area contributed by atoms with Crippen molar-refractivity contribution in [3.05, 3.63) is 24.4 Å². The zero-order valence-electron chi connectivity index (χ0n) is 13.4. The van der Waals surface area contributed by atoms with Gasteiger partial charge >= 0.3 is 0 Å². The van der Waals surface area contributed by atoms with Gasteiger partial charge in [-0.2, -0.15) is 4.98 Å². The van der Waals surface area contributed by atoms with Crippen LogP contribution in [-0.4, -0.2) is 48.8 Å². The van der Waals surface area contributed by atoms with Crippen molar-refractivity contribution in [2.75, 3.05) is 5.75 Å². The molecule has 0 radical (unpaired) electrons. The van der Waals surface area contributed by atoms with Crippen LogP contribution in [0.5, 0.6) is 0 Å². The number of rotatable bonds is 4. The highest BCUT2D eigenvalue weighted by atomic mass is 32.2. The minimum atomic E-state index is 0.166. The molecule has 1 aliphatic heterocycles. The average Bonchev–Trinajstić information content (AvgIpc) is 3.02. The number of likely N-dealkylation sites (tertiary alicyclic amines) is 1. The molecule has 0 unspecified atom stereocenters. The lowest BCUT2D eigenvalue weighted by Gasteiger charge is -2.39. The largest absolute Gasteiger partial charge is 0.337 e. The highest BCUT2D eigenvalue weighted by molar-refractivity contribution is 7.99. The first-order valence-corrected chi connectivity index (χ1v) is 8.91. The van der Waals surface area contributed by atoms with Gasteiger partial charge in [0, 0.05) is 18.3 Å². The summed E-state index contributed by atoms with van der Waals surface area (Å²) in [5, 5.41) is 7.62. The number of carbonyl (C=O) groups excluding carboxylic acids is 1. The number of aromatic nitrogens is 4. The second-order valence-electron chi connectivity index (χ2n) is 5.90. The number of amides is 1. The molecular formula is C16H21N5OS. The van der Waals surface area contributed by atoms with Crippen molar-refractivity contribution in [2.45, 2.75) is 50.4 Å². The summed E-state index contributed by atoms with van der Waals surface area (Å²) >= 11 is 1.37. The number of nitrogens with one attached hydrogen (secondary N) is 1. The summed E-state index contributed by atoms with van der Waals surface area (Å²) in [6, 6.07) is 6.28. The lowest BCUT2D eigenvalue weighted by atomic mass is 9.98. The molecule has 1 saturated heterocycles. The first-order valence-electron chi connectivity index (χ1n) is 7.93. The number of H-pyrrole nitrogens is 1. The number of nitrogens with zero attached hydrogens (tertiary/aromatic N) is 4. The van der Waals surface area contributed by atoms with Crippen LogP contribution in [0.4, 0.5) is 0 Å². The Labute approximate surface area is 140 Å². The lowest BCUT2D eigenvalue weighted by Crippen LogP contribution is -2.48. The van der Waals surface area contributed by atoms with E-state index in [4.69, 9.17) is 0 Å². The molecule has 3 rings (SSSR count). The van der Waals surface area contributed by atoms with Gasteiger partial charge in [0.05, 0.1) is 5.75 Å². The third-order valence-electron chi connectivity index (χ3n) is 4.18. The molecule has 1 aliphatic rings.